The first-order valence-corrected chi connectivity index (χ1v) is 11.2. The Labute approximate surface area is 180 Å². The second kappa shape index (κ2) is 10.0. The molecule has 0 atom stereocenters. The molecule has 2 aromatic carbocycles. The minimum Gasteiger partial charge on any atom is -0.379 e. The number of hydrogen-bond acceptors (Lipinski definition) is 5. The lowest BCUT2D eigenvalue weighted by Crippen LogP contribution is -2.40. The van der Waals surface area contributed by atoms with Crippen molar-refractivity contribution in [2.24, 2.45) is 0 Å². The van der Waals surface area contributed by atoms with Gasteiger partial charge in [-0.1, -0.05) is 35.9 Å². The Morgan fingerprint density at radius 3 is 1.83 bits per heavy atom. The molecule has 0 aromatic heterocycles. The zero-order valence-corrected chi connectivity index (χ0v) is 17.7. The highest BCUT2D eigenvalue weighted by atomic mass is 35.5. The summed E-state index contributed by atoms with van der Waals surface area (Å²) in [5.74, 6) is -1.52. The number of morpholine rings is 1. The number of carbonyl (C=O) groups is 2. The SMILES string of the molecule is O=C(NCc1ccc(Cl)cc1)C(=O)NCc1ccc(S(=O)(=O)N2CCOCC2)cc1. The largest absolute Gasteiger partial charge is 0.379 e. The summed E-state index contributed by atoms with van der Waals surface area (Å²) in [6.07, 6.45) is 0. The first kappa shape index (κ1) is 22.2. The third kappa shape index (κ3) is 5.79. The third-order valence-electron chi connectivity index (χ3n) is 4.56. The van der Waals surface area contributed by atoms with E-state index in [2.05, 4.69) is 10.6 Å². The van der Waals surface area contributed by atoms with Crippen LogP contribution in [0.4, 0.5) is 0 Å². The van der Waals surface area contributed by atoms with Crippen molar-refractivity contribution in [2.75, 3.05) is 26.3 Å². The Bertz CT molecular complexity index is 988. The molecule has 0 saturated carbocycles. The summed E-state index contributed by atoms with van der Waals surface area (Å²) in [6.45, 7) is 1.71. The van der Waals surface area contributed by atoms with Crippen LogP contribution in [-0.2, 0) is 37.4 Å². The highest BCUT2D eigenvalue weighted by molar-refractivity contribution is 7.89. The maximum absolute atomic E-state index is 12.6. The highest BCUT2D eigenvalue weighted by Gasteiger charge is 2.26. The van der Waals surface area contributed by atoms with Crippen LogP contribution >= 0.6 is 11.6 Å². The lowest BCUT2D eigenvalue weighted by Gasteiger charge is -2.26. The van der Waals surface area contributed by atoms with E-state index in [-0.39, 0.29) is 18.0 Å². The van der Waals surface area contributed by atoms with E-state index < -0.39 is 21.8 Å². The van der Waals surface area contributed by atoms with E-state index >= 15 is 0 Å². The van der Waals surface area contributed by atoms with Crippen LogP contribution in [-0.4, -0.2) is 50.8 Å². The van der Waals surface area contributed by atoms with Gasteiger partial charge in [-0.3, -0.25) is 9.59 Å². The number of benzene rings is 2. The summed E-state index contributed by atoms with van der Waals surface area (Å²) in [7, 11) is -3.57. The summed E-state index contributed by atoms with van der Waals surface area (Å²) in [5.41, 5.74) is 1.49. The van der Waals surface area contributed by atoms with Gasteiger partial charge in [0.05, 0.1) is 18.1 Å². The molecule has 30 heavy (non-hydrogen) atoms. The fourth-order valence-electron chi connectivity index (χ4n) is 2.84. The van der Waals surface area contributed by atoms with Gasteiger partial charge >= 0.3 is 11.8 Å². The molecule has 0 unspecified atom stereocenters. The molecule has 0 bridgehead atoms. The second-order valence-electron chi connectivity index (χ2n) is 6.65. The average Bonchev–Trinajstić information content (AvgIpc) is 2.77. The molecule has 0 aliphatic carbocycles. The van der Waals surface area contributed by atoms with E-state index in [0.717, 1.165) is 5.56 Å². The topological polar surface area (TPSA) is 105 Å². The lowest BCUT2D eigenvalue weighted by atomic mass is 10.2. The van der Waals surface area contributed by atoms with Gasteiger partial charge in [-0.2, -0.15) is 4.31 Å². The first-order chi connectivity index (χ1) is 14.4. The Balaban J connectivity index is 1.49. The van der Waals surface area contributed by atoms with Gasteiger partial charge in [0.1, 0.15) is 0 Å². The number of ether oxygens (including phenoxy) is 1. The Morgan fingerprint density at radius 1 is 0.867 bits per heavy atom. The molecule has 160 valence electrons. The average molecular weight is 452 g/mol. The monoisotopic (exact) mass is 451 g/mol. The number of sulfonamides is 1. The molecule has 1 heterocycles. The van der Waals surface area contributed by atoms with Crippen molar-refractivity contribution in [2.45, 2.75) is 18.0 Å². The van der Waals surface area contributed by atoms with Crippen LogP contribution in [0.25, 0.3) is 0 Å². The summed E-state index contributed by atoms with van der Waals surface area (Å²) in [6, 6.07) is 13.1. The number of amides is 2. The lowest BCUT2D eigenvalue weighted by molar-refractivity contribution is -0.139. The Morgan fingerprint density at radius 2 is 1.33 bits per heavy atom. The van der Waals surface area contributed by atoms with E-state index in [1.54, 1.807) is 36.4 Å². The quantitative estimate of drug-likeness (QED) is 0.644. The standard InChI is InChI=1S/C20H22ClN3O5S/c21-17-5-1-15(2-6-17)13-22-19(25)20(26)23-14-16-3-7-18(8-4-16)30(27,28)24-9-11-29-12-10-24/h1-8H,9-14H2,(H,22,25)(H,23,26). The normalized spacial score (nSPS) is 14.8. The van der Waals surface area contributed by atoms with Crippen LogP contribution < -0.4 is 10.6 Å². The van der Waals surface area contributed by atoms with Crippen molar-refractivity contribution in [3.8, 4) is 0 Å². The molecule has 2 amide bonds. The molecule has 2 N–H and O–H groups in total. The van der Waals surface area contributed by atoms with Gasteiger partial charge in [0.15, 0.2) is 0 Å². The van der Waals surface area contributed by atoms with Crippen LogP contribution in [0.15, 0.2) is 53.4 Å². The number of rotatable bonds is 6. The maximum Gasteiger partial charge on any atom is 0.309 e. The van der Waals surface area contributed by atoms with Crippen LogP contribution in [0.1, 0.15) is 11.1 Å². The molecule has 1 fully saturated rings. The molecule has 1 saturated heterocycles. The summed E-state index contributed by atoms with van der Waals surface area (Å²) < 4.78 is 31.8. The Hall–Kier alpha value is -2.46. The molecular formula is C20H22ClN3O5S. The van der Waals surface area contributed by atoms with Crippen LogP contribution in [0.2, 0.25) is 5.02 Å². The maximum atomic E-state index is 12.6. The minimum absolute atomic E-state index is 0.102. The van der Waals surface area contributed by atoms with Crippen LogP contribution in [0.5, 0.6) is 0 Å². The van der Waals surface area contributed by atoms with E-state index in [1.165, 1.54) is 16.4 Å². The number of nitrogens with zero attached hydrogens (tertiary/aromatic N) is 1. The smallest absolute Gasteiger partial charge is 0.309 e. The number of halogens is 1. The van der Waals surface area contributed by atoms with Crippen molar-refractivity contribution in [1.82, 2.24) is 14.9 Å². The highest BCUT2D eigenvalue weighted by Crippen LogP contribution is 2.17. The predicted octanol–water partition coefficient (Wildman–Crippen LogP) is 1.29. The summed E-state index contributed by atoms with van der Waals surface area (Å²) in [4.78, 5) is 24.1. The van der Waals surface area contributed by atoms with Gasteiger partial charge < -0.3 is 15.4 Å². The Kier molecular flexibility index (Phi) is 7.43. The van der Waals surface area contributed by atoms with Crippen LogP contribution in [0, 0.1) is 0 Å². The van der Waals surface area contributed by atoms with Crippen molar-refractivity contribution >= 4 is 33.4 Å². The minimum atomic E-state index is -3.57. The van der Waals surface area contributed by atoms with E-state index in [1.807, 2.05) is 0 Å². The molecule has 1 aliphatic rings. The molecule has 8 nitrogen and oxygen atoms in total. The molecule has 0 spiro atoms. The summed E-state index contributed by atoms with van der Waals surface area (Å²) >= 11 is 5.81. The van der Waals surface area contributed by atoms with Gasteiger partial charge in [-0.25, -0.2) is 8.42 Å². The zero-order chi connectivity index (χ0) is 21.6. The summed E-state index contributed by atoms with van der Waals surface area (Å²) in [5, 5.41) is 5.64. The van der Waals surface area contributed by atoms with E-state index in [4.69, 9.17) is 16.3 Å². The molecule has 0 radical (unpaired) electrons. The zero-order valence-electron chi connectivity index (χ0n) is 16.1. The number of carbonyl (C=O) groups excluding carboxylic acids is 2. The molecule has 3 rings (SSSR count). The van der Waals surface area contributed by atoms with Gasteiger partial charge in [-0.15, -0.1) is 0 Å². The van der Waals surface area contributed by atoms with E-state index in [9.17, 15) is 18.0 Å². The third-order valence-corrected chi connectivity index (χ3v) is 6.72. The fraction of sp³-hybridized carbons (Fsp3) is 0.300. The van der Waals surface area contributed by atoms with Crippen LogP contribution in [0.3, 0.4) is 0 Å². The van der Waals surface area contributed by atoms with Crippen molar-refractivity contribution < 1.29 is 22.7 Å². The number of nitrogens with one attached hydrogen (secondary N) is 2. The molecule has 1 aliphatic heterocycles. The van der Waals surface area contributed by atoms with E-state index in [0.29, 0.717) is 36.9 Å². The van der Waals surface area contributed by atoms with Gasteiger partial charge in [0, 0.05) is 31.2 Å². The van der Waals surface area contributed by atoms with Crippen molar-refractivity contribution in [3.05, 3.63) is 64.7 Å². The second-order valence-corrected chi connectivity index (χ2v) is 9.03. The number of hydrogen-bond donors (Lipinski definition) is 2. The van der Waals surface area contributed by atoms with Crippen molar-refractivity contribution in [3.63, 3.8) is 0 Å². The predicted molar refractivity (Wildman–Crippen MR) is 111 cm³/mol. The fourth-order valence-corrected chi connectivity index (χ4v) is 4.38. The van der Waals surface area contributed by atoms with Gasteiger partial charge in [0.2, 0.25) is 10.0 Å². The van der Waals surface area contributed by atoms with Gasteiger partial charge in [0.25, 0.3) is 0 Å². The van der Waals surface area contributed by atoms with Crippen molar-refractivity contribution in [1.29, 1.82) is 0 Å². The molecular weight excluding hydrogens is 430 g/mol. The van der Waals surface area contributed by atoms with Gasteiger partial charge in [-0.05, 0) is 35.4 Å². The molecule has 10 heteroatoms. The first-order valence-electron chi connectivity index (χ1n) is 9.33. The molecule has 2 aromatic rings.